The highest BCUT2D eigenvalue weighted by Crippen LogP contribution is 2.20. The fourth-order valence-electron chi connectivity index (χ4n) is 2.96. The summed E-state index contributed by atoms with van der Waals surface area (Å²) in [6.45, 7) is 3.59. The van der Waals surface area contributed by atoms with Crippen LogP contribution in [0.5, 0.6) is 0 Å². The lowest BCUT2D eigenvalue weighted by Gasteiger charge is -2.30. The summed E-state index contributed by atoms with van der Waals surface area (Å²) in [7, 11) is -3.21. The first-order chi connectivity index (χ1) is 10.9. The molecule has 1 N–H and O–H groups in total. The van der Waals surface area contributed by atoms with E-state index in [0.717, 1.165) is 19.3 Å². The van der Waals surface area contributed by atoms with Crippen molar-refractivity contribution in [2.24, 2.45) is 5.92 Å². The second-order valence-electron chi connectivity index (χ2n) is 6.35. The van der Waals surface area contributed by atoms with E-state index >= 15 is 0 Å². The predicted octanol–water partition coefficient (Wildman–Crippen LogP) is 1.97. The maximum atomic E-state index is 12.3. The van der Waals surface area contributed by atoms with Gasteiger partial charge in [0.1, 0.15) is 0 Å². The number of benzene rings is 1. The molecule has 1 amide bonds. The van der Waals surface area contributed by atoms with Crippen molar-refractivity contribution < 1.29 is 13.2 Å². The van der Waals surface area contributed by atoms with E-state index < -0.39 is 10.0 Å². The highest BCUT2D eigenvalue weighted by molar-refractivity contribution is 7.88. The molecule has 0 radical (unpaired) electrons. The zero-order valence-electron chi connectivity index (χ0n) is 13.9. The van der Waals surface area contributed by atoms with Gasteiger partial charge in [-0.1, -0.05) is 37.3 Å². The lowest BCUT2D eigenvalue weighted by atomic mass is 9.97. The van der Waals surface area contributed by atoms with Gasteiger partial charge >= 0.3 is 0 Å². The van der Waals surface area contributed by atoms with Crippen molar-refractivity contribution in [3.63, 3.8) is 0 Å². The summed E-state index contributed by atoms with van der Waals surface area (Å²) < 4.78 is 24.6. The van der Waals surface area contributed by atoms with Crippen LogP contribution in [0.2, 0.25) is 0 Å². The van der Waals surface area contributed by atoms with Crippen LogP contribution in [0.15, 0.2) is 30.3 Å². The summed E-state index contributed by atoms with van der Waals surface area (Å²) >= 11 is 0. The van der Waals surface area contributed by atoms with Crippen LogP contribution in [0.3, 0.4) is 0 Å². The Bertz CT molecular complexity index is 616. The normalized spacial score (nSPS) is 20.9. The number of rotatable bonds is 6. The van der Waals surface area contributed by atoms with Gasteiger partial charge in [0.15, 0.2) is 0 Å². The molecule has 6 heteroatoms. The number of hydrogen-bond acceptors (Lipinski definition) is 3. The van der Waals surface area contributed by atoms with E-state index in [1.807, 2.05) is 18.2 Å². The molecule has 5 nitrogen and oxygen atoms in total. The van der Waals surface area contributed by atoms with Crippen molar-refractivity contribution in [3.8, 4) is 0 Å². The lowest BCUT2D eigenvalue weighted by Crippen LogP contribution is -2.45. The topological polar surface area (TPSA) is 66.5 Å². The Kier molecular flexibility index (Phi) is 6.18. The van der Waals surface area contributed by atoms with Crippen LogP contribution in [0.1, 0.15) is 37.7 Å². The molecule has 2 rings (SSSR count). The molecule has 1 fully saturated rings. The highest BCUT2D eigenvalue weighted by Gasteiger charge is 2.29. The predicted molar refractivity (Wildman–Crippen MR) is 91.6 cm³/mol. The summed E-state index contributed by atoms with van der Waals surface area (Å²) in [5.41, 5.74) is 1.27. The smallest absolute Gasteiger partial charge is 0.224 e. The Morgan fingerprint density at radius 1 is 1.35 bits per heavy atom. The minimum absolute atomic E-state index is 0.0291. The first-order valence-corrected chi connectivity index (χ1v) is 10.0. The minimum Gasteiger partial charge on any atom is -0.356 e. The third kappa shape index (κ3) is 5.32. The molecule has 1 aromatic carbocycles. The van der Waals surface area contributed by atoms with Crippen molar-refractivity contribution >= 4 is 15.9 Å². The average molecular weight is 338 g/mol. The molecule has 1 aliphatic rings. The molecule has 2 atom stereocenters. The first-order valence-electron chi connectivity index (χ1n) is 8.15. The molecule has 0 aromatic heterocycles. The quantitative estimate of drug-likeness (QED) is 0.862. The molecule has 0 bridgehead atoms. The standard InChI is InChI=1S/C17H26N2O3S/c1-14(15-7-4-3-5-8-15)10-11-18-17(20)16-9-6-12-19(13-16)23(2,21)22/h3-5,7-8,14,16H,6,9-13H2,1-2H3,(H,18,20)/t14-,16-/m1/s1. The van der Waals surface area contributed by atoms with E-state index in [-0.39, 0.29) is 11.8 Å². The fraction of sp³-hybridized carbons (Fsp3) is 0.588. The number of nitrogens with one attached hydrogen (secondary N) is 1. The monoisotopic (exact) mass is 338 g/mol. The van der Waals surface area contributed by atoms with Gasteiger partial charge in [-0.3, -0.25) is 4.79 Å². The van der Waals surface area contributed by atoms with Crippen LogP contribution < -0.4 is 5.32 Å². The Morgan fingerprint density at radius 3 is 2.70 bits per heavy atom. The number of amides is 1. The van der Waals surface area contributed by atoms with Gasteiger partial charge in [-0.25, -0.2) is 12.7 Å². The number of carbonyl (C=O) groups is 1. The van der Waals surface area contributed by atoms with Gasteiger partial charge in [-0.05, 0) is 30.7 Å². The zero-order valence-corrected chi connectivity index (χ0v) is 14.7. The average Bonchev–Trinajstić information content (AvgIpc) is 2.54. The number of sulfonamides is 1. The SMILES string of the molecule is C[C@H](CCNC(=O)[C@@H]1CCCN(S(C)(=O)=O)C1)c1ccccc1. The van der Waals surface area contributed by atoms with Gasteiger partial charge in [0, 0.05) is 19.6 Å². The first kappa shape index (κ1) is 17.9. The largest absolute Gasteiger partial charge is 0.356 e. The molecular weight excluding hydrogens is 312 g/mol. The van der Waals surface area contributed by atoms with Crippen LogP contribution in [0.4, 0.5) is 0 Å². The number of hydrogen-bond donors (Lipinski definition) is 1. The van der Waals surface area contributed by atoms with E-state index in [9.17, 15) is 13.2 Å². The van der Waals surface area contributed by atoms with Crippen LogP contribution in [-0.2, 0) is 14.8 Å². The van der Waals surface area contributed by atoms with Crippen molar-refractivity contribution in [2.45, 2.75) is 32.1 Å². The van der Waals surface area contributed by atoms with Crippen molar-refractivity contribution in [2.75, 3.05) is 25.9 Å². The summed E-state index contributed by atoms with van der Waals surface area (Å²) in [5.74, 6) is 0.125. The Labute approximate surface area is 139 Å². The molecule has 23 heavy (non-hydrogen) atoms. The van der Waals surface area contributed by atoms with Crippen LogP contribution in [0.25, 0.3) is 0 Å². The van der Waals surface area contributed by atoms with E-state index in [2.05, 4.69) is 24.4 Å². The van der Waals surface area contributed by atoms with E-state index in [1.54, 1.807) is 0 Å². The Hall–Kier alpha value is -1.40. The minimum atomic E-state index is -3.21. The summed E-state index contributed by atoms with van der Waals surface area (Å²) in [6, 6.07) is 10.2. The van der Waals surface area contributed by atoms with Gasteiger partial charge in [-0.2, -0.15) is 0 Å². The number of nitrogens with zero attached hydrogens (tertiary/aromatic N) is 1. The van der Waals surface area contributed by atoms with E-state index in [4.69, 9.17) is 0 Å². The van der Waals surface area contributed by atoms with Crippen molar-refractivity contribution in [1.82, 2.24) is 9.62 Å². The fourth-order valence-corrected chi connectivity index (χ4v) is 3.87. The number of piperidine rings is 1. The van der Waals surface area contributed by atoms with Crippen molar-refractivity contribution in [1.29, 1.82) is 0 Å². The molecule has 0 saturated carbocycles. The lowest BCUT2D eigenvalue weighted by molar-refractivity contribution is -0.126. The molecule has 0 aliphatic carbocycles. The number of carbonyl (C=O) groups excluding carboxylic acids is 1. The van der Waals surface area contributed by atoms with Gasteiger partial charge < -0.3 is 5.32 Å². The molecule has 1 saturated heterocycles. The molecule has 128 valence electrons. The molecule has 1 aliphatic heterocycles. The third-order valence-electron chi connectivity index (χ3n) is 4.47. The summed E-state index contributed by atoms with van der Waals surface area (Å²) in [6.07, 6.45) is 3.57. The van der Waals surface area contributed by atoms with Gasteiger partial charge in [0.05, 0.1) is 12.2 Å². The van der Waals surface area contributed by atoms with Crippen LogP contribution >= 0.6 is 0 Å². The summed E-state index contributed by atoms with van der Waals surface area (Å²) in [5, 5.41) is 2.96. The van der Waals surface area contributed by atoms with Crippen LogP contribution in [0, 0.1) is 5.92 Å². The van der Waals surface area contributed by atoms with Gasteiger partial charge in [0.2, 0.25) is 15.9 Å². The molecule has 0 spiro atoms. The molecular formula is C17H26N2O3S. The second kappa shape index (κ2) is 7.93. The summed E-state index contributed by atoms with van der Waals surface area (Å²) in [4.78, 5) is 12.3. The van der Waals surface area contributed by atoms with Crippen LogP contribution in [-0.4, -0.2) is 44.5 Å². The van der Waals surface area contributed by atoms with Gasteiger partial charge in [-0.15, -0.1) is 0 Å². The third-order valence-corrected chi connectivity index (χ3v) is 5.74. The van der Waals surface area contributed by atoms with Gasteiger partial charge in [0.25, 0.3) is 0 Å². The highest BCUT2D eigenvalue weighted by atomic mass is 32.2. The van der Waals surface area contributed by atoms with Crippen molar-refractivity contribution in [3.05, 3.63) is 35.9 Å². The van der Waals surface area contributed by atoms with E-state index in [1.165, 1.54) is 16.1 Å². The molecule has 1 aromatic rings. The molecule has 0 unspecified atom stereocenters. The zero-order chi connectivity index (χ0) is 16.9. The van der Waals surface area contributed by atoms with E-state index in [0.29, 0.717) is 25.6 Å². The molecule has 1 heterocycles. The Morgan fingerprint density at radius 2 is 2.04 bits per heavy atom. The Balaban J connectivity index is 1.78. The maximum Gasteiger partial charge on any atom is 0.224 e. The second-order valence-corrected chi connectivity index (χ2v) is 8.33. The maximum absolute atomic E-state index is 12.3.